The molecule has 2 aromatic carbocycles. The summed E-state index contributed by atoms with van der Waals surface area (Å²) < 4.78 is 22.3. The molecule has 10 nitrogen and oxygen atoms in total. The number of benzene rings is 2. The lowest BCUT2D eigenvalue weighted by atomic mass is 10.2. The molecule has 0 N–H and O–H groups in total. The van der Waals surface area contributed by atoms with Crippen molar-refractivity contribution >= 4 is 41.7 Å². The molecule has 230 valence electrons. The minimum Gasteiger partial charge on any atom is -0.456 e. The van der Waals surface area contributed by atoms with Gasteiger partial charge >= 0.3 is 0 Å². The van der Waals surface area contributed by atoms with Gasteiger partial charge in [0.15, 0.2) is 0 Å². The number of hydrogen-bond acceptors (Lipinski definition) is 8. The zero-order valence-corrected chi connectivity index (χ0v) is 27.6. The Hall–Kier alpha value is -3.35. The Bertz CT molecular complexity index is 1830. The Kier molecular flexibility index (Phi) is 7.70. The van der Waals surface area contributed by atoms with Gasteiger partial charge in [-0.3, -0.25) is 14.6 Å². The van der Waals surface area contributed by atoms with Crippen molar-refractivity contribution in [1.29, 1.82) is 0 Å². The molecule has 0 amide bonds. The standard InChI is InChI=1S/C32H38ClN7O3Si/c1-20-36-26-7-6-24(13-29(26)40(20)19-42-21(2)44(3,4)5)43-30-9-8-27-32(31(30)33)37-28(15-34-27)22-14-35-39(16-22)11-10-38-17-25-12-23(38)18-41-25/h6-9,13-16,21,23,25H,10-12,17-19H2,1-5H3/t21?,23-,25-/m1/s1. The second-order valence-corrected chi connectivity index (χ2v) is 18.9. The number of imidazole rings is 1. The van der Waals surface area contributed by atoms with E-state index in [9.17, 15) is 0 Å². The molecule has 0 saturated carbocycles. The van der Waals surface area contributed by atoms with Crippen molar-refractivity contribution in [3.8, 4) is 22.8 Å². The van der Waals surface area contributed by atoms with Crippen LogP contribution in [0.2, 0.25) is 24.7 Å². The molecule has 44 heavy (non-hydrogen) atoms. The third kappa shape index (κ3) is 5.74. The molecule has 2 aliphatic rings. The van der Waals surface area contributed by atoms with Gasteiger partial charge in [0.2, 0.25) is 0 Å². The zero-order chi connectivity index (χ0) is 30.6. The van der Waals surface area contributed by atoms with E-state index < -0.39 is 8.07 Å². The maximum absolute atomic E-state index is 6.89. The van der Waals surface area contributed by atoms with Crippen LogP contribution in [-0.2, 0) is 22.7 Å². The van der Waals surface area contributed by atoms with Gasteiger partial charge in [-0.2, -0.15) is 5.10 Å². The summed E-state index contributed by atoms with van der Waals surface area (Å²) in [6, 6.07) is 10.1. The van der Waals surface area contributed by atoms with Crippen LogP contribution in [0.1, 0.15) is 19.2 Å². The number of likely N-dealkylation sites (tertiary alicyclic amines) is 1. The summed E-state index contributed by atoms with van der Waals surface area (Å²) in [5.41, 5.74) is 4.94. The lowest BCUT2D eigenvalue weighted by molar-refractivity contribution is 0.0290. The van der Waals surface area contributed by atoms with Crippen LogP contribution in [0.4, 0.5) is 0 Å². The van der Waals surface area contributed by atoms with E-state index in [1.165, 1.54) is 0 Å². The molecule has 0 spiro atoms. The molecule has 7 rings (SSSR count). The number of ether oxygens (including phenoxy) is 3. The minimum atomic E-state index is -1.42. The van der Waals surface area contributed by atoms with Crippen molar-refractivity contribution in [1.82, 2.24) is 34.2 Å². The van der Waals surface area contributed by atoms with Crippen LogP contribution in [-0.4, -0.2) is 79.8 Å². The fourth-order valence-electron chi connectivity index (χ4n) is 5.86. The largest absolute Gasteiger partial charge is 0.456 e. The summed E-state index contributed by atoms with van der Waals surface area (Å²) >= 11 is 6.89. The topological polar surface area (TPSA) is 92.4 Å². The molecule has 3 atom stereocenters. The molecular weight excluding hydrogens is 594 g/mol. The van der Waals surface area contributed by atoms with Crippen molar-refractivity contribution in [2.75, 3.05) is 19.7 Å². The van der Waals surface area contributed by atoms with E-state index in [0.717, 1.165) is 55.1 Å². The fourth-order valence-corrected chi connectivity index (χ4v) is 6.67. The molecular formula is C32H38ClN7O3Si. The second kappa shape index (κ2) is 11.5. The first-order valence-corrected chi connectivity index (χ1v) is 19.2. The van der Waals surface area contributed by atoms with Crippen LogP contribution in [0.25, 0.3) is 33.3 Å². The lowest BCUT2D eigenvalue weighted by Crippen LogP contribution is -2.38. The zero-order valence-electron chi connectivity index (χ0n) is 25.8. The Labute approximate surface area is 262 Å². The quantitative estimate of drug-likeness (QED) is 0.166. The Morgan fingerprint density at radius 3 is 2.70 bits per heavy atom. The van der Waals surface area contributed by atoms with Crippen LogP contribution in [0.15, 0.2) is 48.9 Å². The molecule has 2 bridgehead atoms. The highest BCUT2D eigenvalue weighted by Crippen LogP contribution is 2.36. The van der Waals surface area contributed by atoms with Gasteiger partial charge < -0.3 is 18.8 Å². The number of rotatable bonds is 10. The SMILES string of the molecule is Cc1nc2ccc(Oc3ccc4ncc(-c5cnn(CCN6C[C@H]7C[C@@H]6CO7)c5)nc4c3Cl)cc2n1COC(C)[Si](C)(C)C. The van der Waals surface area contributed by atoms with Crippen molar-refractivity contribution in [2.24, 2.45) is 0 Å². The first-order valence-electron chi connectivity index (χ1n) is 15.2. The number of hydrogen-bond donors (Lipinski definition) is 0. The number of halogens is 1. The highest BCUT2D eigenvalue weighted by Gasteiger charge is 2.38. The van der Waals surface area contributed by atoms with Gasteiger partial charge in [-0.05, 0) is 44.5 Å². The summed E-state index contributed by atoms with van der Waals surface area (Å²) in [6.07, 6.45) is 7.16. The van der Waals surface area contributed by atoms with Gasteiger partial charge in [-0.25, -0.2) is 9.97 Å². The highest BCUT2D eigenvalue weighted by atomic mass is 35.5. The van der Waals surface area contributed by atoms with Crippen LogP contribution < -0.4 is 4.74 Å². The van der Waals surface area contributed by atoms with E-state index in [-0.39, 0.29) is 5.73 Å². The summed E-state index contributed by atoms with van der Waals surface area (Å²) in [5.74, 6) is 2.06. The monoisotopic (exact) mass is 631 g/mol. The Morgan fingerprint density at radius 1 is 1.09 bits per heavy atom. The maximum Gasteiger partial charge on any atom is 0.148 e. The van der Waals surface area contributed by atoms with Crippen molar-refractivity contribution in [3.05, 3.63) is 59.8 Å². The van der Waals surface area contributed by atoms with Gasteiger partial charge in [0.05, 0.1) is 62.0 Å². The third-order valence-electron chi connectivity index (χ3n) is 8.99. The third-order valence-corrected chi connectivity index (χ3v) is 12.0. The predicted octanol–water partition coefficient (Wildman–Crippen LogP) is 6.31. The van der Waals surface area contributed by atoms with E-state index in [2.05, 4.69) is 46.1 Å². The molecule has 2 saturated heterocycles. The number of aryl methyl sites for hydroxylation is 1. The molecule has 2 fully saturated rings. The van der Waals surface area contributed by atoms with Crippen LogP contribution >= 0.6 is 11.6 Å². The fraction of sp³-hybridized carbons (Fsp3) is 0.438. The number of nitrogens with zero attached hydrogens (tertiary/aromatic N) is 7. The van der Waals surface area contributed by atoms with Crippen LogP contribution in [0.5, 0.6) is 11.5 Å². The van der Waals surface area contributed by atoms with Crippen molar-refractivity contribution in [3.63, 3.8) is 0 Å². The molecule has 2 aliphatic heterocycles. The summed E-state index contributed by atoms with van der Waals surface area (Å²) in [6.45, 7) is 15.2. The first kappa shape index (κ1) is 29.4. The molecule has 12 heteroatoms. The maximum atomic E-state index is 6.89. The molecule has 5 heterocycles. The average Bonchev–Trinajstić information content (AvgIpc) is 3.80. The molecule has 3 aromatic heterocycles. The summed E-state index contributed by atoms with van der Waals surface area (Å²) in [4.78, 5) is 16.7. The minimum absolute atomic E-state index is 0.219. The first-order chi connectivity index (χ1) is 21.1. The molecule has 5 aromatic rings. The van der Waals surface area contributed by atoms with E-state index in [1.807, 2.05) is 54.3 Å². The summed E-state index contributed by atoms with van der Waals surface area (Å²) in [5, 5.41) is 4.99. The Balaban J connectivity index is 1.09. The predicted molar refractivity (Wildman–Crippen MR) is 174 cm³/mol. The van der Waals surface area contributed by atoms with Gasteiger partial charge in [0, 0.05) is 42.7 Å². The van der Waals surface area contributed by atoms with Crippen LogP contribution in [0.3, 0.4) is 0 Å². The van der Waals surface area contributed by atoms with Gasteiger partial charge in [0.25, 0.3) is 0 Å². The van der Waals surface area contributed by atoms with Gasteiger partial charge in [-0.15, -0.1) is 0 Å². The molecule has 0 aliphatic carbocycles. The van der Waals surface area contributed by atoms with Crippen molar-refractivity contribution in [2.45, 2.75) is 71.1 Å². The highest BCUT2D eigenvalue weighted by molar-refractivity contribution is 6.77. The van der Waals surface area contributed by atoms with E-state index in [1.54, 1.807) is 6.20 Å². The number of aromatic nitrogens is 6. The van der Waals surface area contributed by atoms with Crippen LogP contribution in [0, 0.1) is 6.92 Å². The lowest BCUT2D eigenvalue weighted by Gasteiger charge is -2.26. The average molecular weight is 632 g/mol. The van der Waals surface area contributed by atoms with Gasteiger partial charge in [-0.1, -0.05) is 31.2 Å². The number of fused-ring (bicyclic) bond motifs is 4. The Morgan fingerprint density at radius 2 is 1.93 bits per heavy atom. The second-order valence-electron chi connectivity index (χ2n) is 13.0. The molecule has 0 radical (unpaired) electrons. The summed E-state index contributed by atoms with van der Waals surface area (Å²) in [7, 11) is -1.42. The van der Waals surface area contributed by atoms with E-state index in [4.69, 9.17) is 35.8 Å². The normalized spacial score (nSPS) is 19.4. The van der Waals surface area contributed by atoms with E-state index >= 15 is 0 Å². The van der Waals surface area contributed by atoms with Crippen molar-refractivity contribution < 1.29 is 14.2 Å². The smallest absolute Gasteiger partial charge is 0.148 e. The molecule has 1 unspecified atom stereocenters. The number of morpholine rings is 1. The van der Waals surface area contributed by atoms with E-state index in [0.29, 0.717) is 52.1 Å². The van der Waals surface area contributed by atoms with Gasteiger partial charge in [0.1, 0.15) is 34.6 Å².